The number of anilines is 2. The Bertz CT molecular complexity index is 1400. The van der Waals surface area contributed by atoms with E-state index in [9.17, 15) is 14.2 Å². The van der Waals surface area contributed by atoms with Crippen LogP contribution in [0.2, 0.25) is 5.15 Å². The number of carbonyl (C=O) groups excluding carboxylic acids is 2. The third kappa shape index (κ3) is 5.29. The van der Waals surface area contributed by atoms with Crippen molar-refractivity contribution in [3.8, 4) is 0 Å². The van der Waals surface area contributed by atoms with Crippen molar-refractivity contribution < 1.29 is 14.2 Å². The molecule has 1 saturated heterocycles. The Morgan fingerprint density at radius 2 is 1.78 bits per heavy atom. The molecule has 0 unspecified atom stereocenters. The minimum Gasteiger partial charge on any atom is -0.369 e. The highest BCUT2D eigenvalue weighted by atomic mass is 35.5. The van der Waals surface area contributed by atoms with Gasteiger partial charge >= 0.3 is 0 Å². The molecular weight excluding hydrogens is 507 g/mol. The van der Waals surface area contributed by atoms with Gasteiger partial charge in [-0.1, -0.05) is 61.8 Å². The molecule has 0 saturated carbocycles. The van der Waals surface area contributed by atoms with Crippen molar-refractivity contribution in [3.63, 3.8) is 0 Å². The van der Waals surface area contributed by atoms with Crippen molar-refractivity contribution in [2.45, 2.75) is 25.2 Å². The summed E-state index contributed by atoms with van der Waals surface area (Å²) in [6.07, 6.45) is 1.41. The summed E-state index contributed by atoms with van der Waals surface area (Å²) in [5, 5.41) is 6.52. The van der Waals surface area contributed by atoms with Crippen molar-refractivity contribution in [1.29, 1.82) is 0 Å². The number of nitrogens with one attached hydrogen (secondary N) is 2. The molecule has 3 aromatic rings. The predicted octanol–water partition coefficient (Wildman–Crippen LogP) is 4.86. The Morgan fingerprint density at radius 1 is 1.08 bits per heavy atom. The van der Waals surface area contributed by atoms with Crippen molar-refractivity contribution in [2.24, 2.45) is 0 Å². The topological polar surface area (TPSA) is 91.4 Å². The molecule has 0 spiro atoms. The van der Waals surface area contributed by atoms with E-state index < -0.39 is 12.6 Å². The lowest BCUT2D eigenvalue weighted by Crippen LogP contribution is -2.65. The molecule has 2 aromatic carbocycles. The molecule has 1 aliphatic heterocycles. The quantitative estimate of drug-likeness (QED) is 0.331. The zero-order chi connectivity index (χ0) is 27.0. The van der Waals surface area contributed by atoms with Crippen LogP contribution >= 0.6 is 18.7 Å². The van der Waals surface area contributed by atoms with Gasteiger partial charge in [0.05, 0.1) is 17.4 Å². The Morgan fingerprint density at radius 3 is 2.43 bits per heavy atom. The van der Waals surface area contributed by atoms with Crippen LogP contribution in [0.5, 0.6) is 0 Å². The van der Waals surface area contributed by atoms with Gasteiger partial charge in [-0.15, -0.1) is 0 Å². The number of rotatable bonds is 7. The molecule has 9 heteroatoms. The van der Waals surface area contributed by atoms with Gasteiger partial charge in [-0.3, -0.25) is 9.59 Å². The van der Waals surface area contributed by atoms with Crippen LogP contribution in [0.25, 0.3) is 0 Å². The average molecular weight is 539 g/mol. The van der Waals surface area contributed by atoms with E-state index in [1.807, 2.05) is 42.5 Å². The second-order valence-electron chi connectivity index (χ2n) is 10.1. The van der Waals surface area contributed by atoms with Gasteiger partial charge in [0.15, 0.2) is 0 Å². The maximum Gasteiger partial charge on any atom is 0.253 e. The summed E-state index contributed by atoms with van der Waals surface area (Å²) >= 11 is 6.04. The third-order valence-electron chi connectivity index (χ3n) is 6.86. The van der Waals surface area contributed by atoms with Crippen molar-refractivity contribution in [2.75, 3.05) is 43.7 Å². The fourth-order valence-electron chi connectivity index (χ4n) is 4.78. The van der Waals surface area contributed by atoms with Crippen LogP contribution < -0.4 is 20.8 Å². The molecule has 37 heavy (non-hydrogen) atoms. The number of carbonyl (C=O) groups is 2. The minimum atomic E-state index is -2.43. The van der Waals surface area contributed by atoms with Crippen LogP contribution in [0.4, 0.5) is 11.4 Å². The molecule has 2 N–H and O–H groups in total. The molecular formula is C28H32ClN4O3P. The number of nitrogens with zero attached hydrogens (tertiary/aromatic N) is 2. The highest BCUT2D eigenvalue weighted by Crippen LogP contribution is 2.43. The van der Waals surface area contributed by atoms with Gasteiger partial charge in [-0.05, 0) is 48.6 Å². The summed E-state index contributed by atoms with van der Waals surface area (Å²) in [6, 6.07) is 17.1. The lowest BCUT2D eigenvalue weighted by atomic mass is 9.69. The van der Waals surface area contributed by atoms with Crippen LogP contribution in [0, 0.1) is 0 Å². The first-order valence-electron chi connectivity index (χ1n) is 12.2. The van der Waals surface area contributed by atoms with E-state index in [1.54, 1.807) is 13.3 Å². The third-order valence-corrected chi connectivity index (χ3v) is 8.59. The van der Waals surface area contributed by atoms with Crippen LogP contribution in [0.1, 0.15) is 41.3 Å². The van der Waals surface area contributed by atoms with E-state index in [-0.39, 0.29) is 28.4 Å². The zero-order valence-electron chi connectivity index (χ0n) is 21.7. The number of benzene rings is 2. The molecule has 2 amide bonds. The van der Waals surface area contributed by atoms with Gasteiger partial charge in [-0.2, -0.15) is 0 Å². The van der Waals surface area contributed by atoms with Gasteiger partial charge in [-0.25, -0.2) is 4.98 Å². The number of pyridine rings is 1. The molecule has 2 heterocycles. The molecule has 1 fully saturated rings. The monoisotopic (exact) mass is 538 g/mol. The van der Waals surface area contributed by atoms with E-state index in [2.05, 4.69) is 40.4 Å². The van der Waals surface area contributed by atoms with E-state index in [0.717, 1.165) is 22.1 Å². The lowest BCUT2D eigenvalue weighted by Gasteiger charge is -2.51. The van der Waals surface area contributed by atoms with E-state index in [4.69, 9.17) is 11.6 Å². The summed E-state index contributed by atoms with van der Waals surface area (Å²) in [4.78, 5) is 32.8. The molecule has 7 nitrogen and oxygen atoms in total. The first-order valence-corrected chi connectivity index (χ1v) is 15.1. The van der Waals surface area contributed by atoms with E-state index >= 15 is 0 Å². The molecule has 0 atom stereocenters. The average Bonchev–Trinajstić information content (AvgIpc) is 2.84. The fraction of sp³-hybridized carbons (Fsp3) is 0.321. The smallest absolute Gasteiger partial charge is 0.253 e. The van der Waals surface area contributed by atoms with E-state index in [0.29, 0.717) is 18.8 Å². The maximum atomic E-state index is 14.1. The number of amides is 2. The number of hydrogen-bond acceptors (Lipinski definition) is 5. The standard InChI is InChI=1S/C28H32ClN4O3P/c1-18(2)21-11-6-7-12-23(21)28(16-33(17-28)19-9-8-10-20(13-19)37(4,5)36)27(35)32-24-15-31-25(29)14-22(24)26(34)30-3/h6-15,18H,16-17H2,1-5H3,(H,30,34)(H,32,35). The number of halogens is 1. The van der Waals surface area contributed by atoms with Crippen LogP contribution in [0.15, 0.2) is 60.8 Å². The highest BCUT2D eigenvalue weighted by Gasteiger charge is 2.52. The van der Waals surface area contributed by atoms with Crippen molar-refractivity contribution in [3.05, 3.63) is 82.6 Å². The normalized spacial score (nSPS) is 14.7. The molecule has 194 valence electrons. The number of hydrogen-bond donors (Lipinski definition) is 2. The Balaban J connectivity index is 1.74. The van der Waals surface area contributed by atoms with Crippen LogP contribution in [-0.4, -0.2) is 50.3 Å². The largest absolute Gasteiger partial charge is 0.369 e. The summed E-state index contributed by atoms with van der Waals surface area (Å²) in [5.74, 6) is -0.381. The molecule has 0 bridgehead atoms. The predicted molar refractivity (Wildman–Crippen MR) is 151 cm³/mol. The summed E-state index contributed by atoms with van der Waals surface area (Å²) in [5.41, 5.74) is 2.65. The molecule has 1 aliphatic rings. The molecule has 0 radical (unpaired) electrons. The van der Waals surface area contributed by atoms with Gasteiger partial charge < -0.3 is 20.1 Å². The Kier molecular flexibility index (Phi) is 7.50. The van der Waals surface area contributed by atoms with Crippen LogP contribution in [0.3, 0.4) is 0 Å². The summed E-state index contributed by atoms with van der Waals surface area (Å²) in [7, 11) is -0.911. The second kappa shape index (κ2) is 10.3. The van der Waals surface area contributed by atoms with Crippen molar-refractivity contribution >= 4 is 47.2 Å². The minimum absolute atomic E-state index is 0.162. The Labute approximate surface area is 223 Å². The maximum absolute atomic E-state index is 14.1. The Hall–Kier alpha value is -3.15. The van der Waals surface area contributed by atoms with E-state index in [1.165, 1.54) is 19.3 Å². The second-order valence-corrected chi connectivity index (χ2v) is 13.7. The first kappa shape index (κ1) is 26.9. The number of aromatic nitrogens is 1. The summed E-state index contributed by atoms with van der Waals surface area (Å²) in [6.45, 7) is 8.58. The fourth-order valence-corrected chi connectivity index (χ4v) is 5.83. The SMILES string of the molecule is CNC(=O)c1cc(Cl)ncc1NC(=O)C1(c2ccccc2C(C)C)CN(c2cccc(P(C)(C)=O)c2)C1. The zero-order valence-corrected chi connectivity index (χ0v) is 23.4. The van der Waals surface area contributed by atoms with Gasteiger partial charge in [0.2, 0.25) is 5.91 Å². The van der Waals surface area contributed by atoms with Gasteiger partial charge in [0, 0.05) is 31.1 Å². The first-order chi connectivity index (χ1) is 17.5. The van der Waals surface area contributed by atoms with Gasteiger partial charge in [0.1, 0.15) is 17.7 Å². The molecule has 0 aliphatic carbocycles. The summed E-state index contributed by atoms with van der Waals surface area (Å²) < 4.78 is 12.7. The van der Waals surface area contributed by atoms with Gasteiger partial charge in [0.25, 0.3) is 5.91 Å². The molecule has 4 rings (SSSR count). The highest BCUT2D eigenvalue weighted by molar-refractivity contribution is 7.70. The molecule has 1 aromatic heterocycles. The lowest BCUT2D eigenvalue weighted by molar-refractivity contribution is -0.122. The van der Waals surface area contributed by atoms with Crippen molar-refractivity contribution in [1.82, 2.24) is 10.3 Å². The van der Waals surface area contributed by atoms with Crippen LogP contribution in [-0.2, 0) is 14.8 Å².